The monoisotopic (exact) mass is 530 g/mol. The number of nitrogens with one attached hydrogen (secondary N) is 1. The first kappa shape index (κ1) is 20.7. The Balaban J connectivity index is 2.10. The Morgan fingerprint density at radius 2 is 1.77 bits per heavy atom. The second-order valence-electron chi connectivity index (χ2n) is 5.68. The standard InChI is InChI=1S/C19H20BrIN2O3/c1-13(19(25)22-2)23(11-14-3-5-15(20)6-4-14)18(24)12-26-17-9-7-16(21)8-10-17/h3-10,13H,11-12H2,1-2H3,(H,22,25)/t13-/m0/s1. The average molecular weight is 531 g/mol. The van der Waals surface area contributed by atoms with E-state index in [9.17, 15) is 9.59 Å². The zero-order chi connectivity index (χ0) is 19.1. The summed E-state index contributed by atoms with van der Waals surface area (Å²) in [7, 11) is 1.56. The molecular weight excluding hydrogens is 511 g/mol. The SMILES string of the molecule is CNC(=O)[C@H](C)N(Cc1ccc(Br)cc1)C(=O)COc1ccc(I)cc1. The van der Waals surface area contributed by atoms with Crippen molar-refractivity contribution >= 4 is 50.3 Å². The molecule has 0 fully saturated rings. The first-order valence-corrected chi connectivity index (χ1v) is 9.91. The highest BCUT2D eigenvalue weighted by atomic mass is 127. The maximum absolute atomic E-state index is 12.7. The number of ether oxygens (including phenoxy) is 1. The summed E-state index contributed by atoms with van der Waals surface area (Å²) in [6.07, 6.45) is 0. The fourth-order valence-electron chi connectivity index (χ4n) is 2.34. The fourth-order valence-corrected chi connectivity index (χ4v) is 2.96. The molecule has 7 heteroatoms. The summed E-state index contributed by atoms with van der Waals surface area (Å²) in [5.41, 5.74) is 0.937. The molecule has 0 heterocycles. The van der Waals surface area contributed by atoms with E-state index in [0.29, 0.717) is 12.3 Å². The number of likely N-dealkylation sites (N-methyl/N-ethyl adjacent to an activating group) is 1. The van der Waals surface area contributed by atoms with Gasteiger partial charge in [0.25, 0.3) is 5.91 Å². The molecule has 2 amide bonds. The molecule has 0 bridgehead atoms. The van der Waals surface area contributed by atoms with Gasteiger partial charge >= 0.3 is 0 Å². The Bertz CT molecular complexity index is 750. The minimum atomic E-state index is -0.600. The predicted molar refractivity (Wildman–Crippen MR) is 113 cm³/mol. The van der Waals surface area contributed by atoms with E-state index in [1.165, 1.54) is 4.90 Å². The minimum Gasteiger partial charge on any atom is -0.484 e. The van der Waals surface area contributed by atoms with Crippen molar-refractivity contribution in [1.29, 1.82) is 0 Å². The average Bonchev–Trinajstić information content (AvgIpc) is 2.65. The number of benzene rings is 2. The van der Waals surface area contributed by atoms with Crippen molar-refractivity contribution in [3.05, 3.63) is 62.1 Å². The second-order valence-corrected chi connectivity index (χ2v) is 7.84. The predicted octanol–water partition coefficient (Wildman–Crippen LogP) is 3.60. The summed E-state index contributed by atoms with van der Waals surface area (Å²) in [5, 5.41) is 2.59. The Morgan fingerprint density at radius 3 is 2.35 bits per heavy atom. The van der Waals surface area contributed by atoms with E-state index in [4.69, 9.17) is 4.74 Å². The van der Waals surface area contributed by atoms with Crippen LogP contribution in [0.2, 0.25) is 0 Å². The molecule has 0 aliphatic rings. The number of nitrogens with zero attached hydrogens (tertiary/aromatic N) is 1. The van der Waals surface area contributed by atoms with Gasteiger partial charge in [-0.05, 0) is 71.5 Å². The Kier molecular flexibility index (Phi) is 7.89. The molecule has 1 N–H and O–H groups in total. The minimum absolute atomic E-state index is 0.127. The summed E-state index contributed by atoms with van der Waals surface area (Å²) in [6, 6.07) is 14.5. The van der Waals surface area contributed by atoms with Crippen LogP contribution in [0.1, 0.15) is 12.5 Å². The van der Waals surface area contributed by atoms with Crippen LogP contribution < -0.4 is 10.1 Å². The third-order valence-electron chi connectivity index (χ3n) is 3.86. The highest BCUT2D eigenvalue weighted by Crippen LogP contribution is 2.16. The molecule has 138 valence electrons. The number of hydrogen-bond acceptors (Lipinski definition) is 3. The van der Waals surface area contributed by atoms with Crippen LogP contribution in [0.25, 0.3) is 0 Å². The third-order valence-corrected chi connectivity index (χ3v) is 5.10. The van der Waals surface area contributed by atoms with Gasteiger partial charge in [0, 0.05) is 21.6 Å². The molecule has 0 aliphatic heterocycles. The van der Waals surface area contributed by atoms with Crippen LogP contribution in [0.4, 0.5) is 0 Å². The lowest BCUT2D eigenvalue weighted by atomic mass is 10.1. The van der Waals surface area contributed by atoms with Crippen molar-refractivity contribution in [2.75, 3.05) is 13.7 Å². The first-order valence-electron chi connectivity index (χ1n) is 8.04. The van der Waals surface area contributed by atoms with Gasteiger partial charge in [-0.15, -0.1) is 0 Å². The Morgan fingerprint density at radius 1 is 1.15 bits per heavy atom. The number of rotatable bonds is 7. The van der Waals surface area contributed by atoms with Gasteiger partial charge in [0.1, 0.15) is 11.8 Å². The summed E-state index contributed by atoms with van der Waals surface area (Å²) < 4.78 is 7.64. The van der Waals surface area contributed by atoms with E-state index in [2.05, 4.69) is 43.8 Å². The van der Waals surface area contributed by atoms with Crippen LogP contribution in [0.3, 0.4) is 0 Å². The van der Waals surface area contributed by atoms with Crippen LogP contribution in [0.15, 0.2) is 53.0 Å². The van der Waals surface area contributed by atoms with E-state index < -0.39 is 6.04 Å². The summed E-state index contributed by atoms with van der Waals surface area (Å²) in [6.45, 7) is 1.91. The normalized spacial score (nSPS) is 11.5. The molecule has 0 radical (unpaired) electrons. The Labute approximate surface area is 175 Å². The molecule has 2 rings (SSSR count). The van der Waals surface area contributed by atoms with Crippen LogP contribution in [-0.2, 0) is 16.1 Å². The number of halogens is 2. The third kappa shape index (κ3) is 5.98. The topological polar surface area (TPSA) is 58.6 Å². The highest BCUT2D eigenvalue weighted by molar-refractivity contribution is 14.1. The van der Waals surface area contributed by atoms with E-state index >= 15 is 0 Å². The molecular formula is C19H20BrIN2O3. The van der Waals surface area contributed by atoms with Crippen molar-refractivity contribution < 1.29 is 14.3 Å². The number of carbonyl (C=O) groups excluding carboxylic acids is 2. The zero-order valence-corrected chi connectivity index (χ0v) is 18.3. The summed E-state index contributed by atoms with van der Waals surface area (Å²) in [5.74, 6) is 0.155. The lowest BCUT2D eigenvalue weighted by molar-refractivity contribution is -0.142. The van der Waals surface area contributed by atoms with Gasteiger partial charge in [0.15, 0.2) is 6.61 Å². The molecule has 0 spiro atoms. The summed E-state index contributed by atoms with van der Waals surface area (Å²) in [4.78, 5) is 26.3. The van der Waals surface area contributed by atoms with Gasteiger partial charge < -0.3 is 15.0 Å². The van der Waals surface area contributed by atoms with E-state index in [1.54, 1.807) is 14.0 Å². The van der Waals surface area contributed by atoms with E-state index in [0.717, 1.165) is 13.6 Å². The van der Waals surface area contributed by atoms with Crippen molar-refractivity contribution in [3.63, 3.8) is 0 Å². The Hall–Kier alpha value is -1.61. The smallest absolute Gasteiger partial charge is 0.261 e. The molecule has 5 nitrogen and oxygen atoms in total. The van der Waals surface area contributed by atoms with Crippen molar-refractivity contribution in [2.24, 2.45) is 0 Å². The van der Waals surface area contributed by atoms with Crippen LogP contribution in [0.5, 0.6) is 5.75 Å². The maximum Gasteiger partial charge on any atom is 0.261 e. The molecule has 0 unspecified atom stereocenters. The second kappa shape index (κ2) is 9.91. The number of hydrogen-bond donors (Lipinski definition) is 1. The van der Waals surface area contributed by atoms with Crippen LogP contribution in [-0.4, -0.2) is 36.4 Å². The first-order chi connectivity index (χ1) is 12.4. The van der Waals surface area contributed by atoms with Gasteiger partial charge in [-0.2, -0.15) is 0 Å². The number of amides is 2. The maximum atomic E-state index is 12.7. The largest absolute Gasteiger partial charge is 0.484 e. The van der Waals surface area contributed by atoms with Crippen LogP contribution in [0, 0.1) is 3.57 Å². The molecule has 1 atom stereocenters. The van der Waals surface area contributed by atoms with Crippen molar-refractivity contribution in [3.8, 4) is 5.75 Å². The van der Waals surface area contributed by atoms with Crippen molar-refractivity contribution in [2.45, 2.75) is 19.5 Å². The van der Waals surface area contributed by atoms with Gasteiger partial charge in [-0.1, -0.05) is 28.1 Å². The van der Waals surface area contributed by atoms with Crippen LogP contribution >= 0.6 is 38.5 Å². The van der Waals surface area contributed by atoms with Gasteiger partial charge in [-0.3, -0.25) is 9.59 Å². The molecule has 0 aromatic heterocycles. The lowest BCUT2D eigenvalue weighted by Gasteiger charge is -2.28. The van der Waals surface area contributed by atoms with Gasteiger partial charge in [0.05, 0.1) is 0 Å². The summed E-state index contributed by atoms with van der Waals surface area (Å²) >= 11 is 5.60. The molecule has 0 saturated heterocycles. The molecule has 2 aromatic carbocycles. The van der Waals surface area contributed by atoms with Gasteiger partial charge in [-0.25, -0.2) is 0 Å². The molecule has 2 aromatic rings. The zero-order valence-electron chi connectivity index (χ0n) is 14.5. The van der Waals surface area contributed by atoms with E-state index in [1.807, 2.05) is 48.5 Å². The van der Waals surface area contributed by atoms with E-state index in [-0.39, 0.29) is 18.4 Å². The molecule has 0 saturated carbocycles. The molecule has 0 aliphatic carbocycles. The molecule has 26 heavy (non-hydrogen) atoms. The highest BCUT2D eigenvalue weighted by Gasteiger charge is 2.25. The fraction of sp³-hybridized carbons (Fsp3) is 0.263. The quantitative estimate of drug-likeness (QED) is 0.556. The number of carbonyl (C=O) groups is 2. The van der Waals surface area contributed by atoms with Gasteiger partial charge in [0.2, 0.25) is 5.91 Å². The lowest BCUT2D eigenvalue weighted by Crippen LogP contribution is -2.48. The van der Waals surface area contributed by atoms with Crippen molar-refractivity contribution in [1.82, 2.24) is 10.2 Å².